The number of carbonyl (C=O) groups excluding carboxylic acids is 1. The molecule has 2 fully saturated rings. The molecular formula is C15H26N2O3. The molecular weight excluding hydrogens is 256 g/mol. The van der Waals surface area contributed by atoms with Gasteiger partial charge >= 0.3 is 12.0 Å². The van der Waals surface area contributed by atoms with Crippen molar-refractivity contribution in [2.75, 3.05) is 6.54 Å². The predicted octanol–water partition coefficient (Wildman–Crippen LogP) is 2.60. The molecule has 0 aromatic carbocycles. The molecule has 0 aromatic heterocycles. The third-order valence-corrected chi connectivity index (χ3v) is 4.36. The molecule has 2 saturated carbocycles. The Morgan fingerprint density at radius 3 is 2.45 bits per heavy atom. The molecule has 2 aliphatic rings. The Bertz CT molecular complexity index is 355. The Hall–Kier alpha value is -1.26. The minimum absolute atomic E-state index is 0.0625. The lowest BCUT2D eigenvalue weighted by molar-refractivity contribution is -0.142. The number of carboxylic acids is 1. The fourth-order valence-electron chi connectivity index (χ4n) is 3.09. The SMILES string of the molecule is CCCN(C(=O)NC1CCCCCC1C(=O)O)C1CC1. The van der Waals surface area contributed by atoms with Gasteiger partial charge in [0.05, 0.1) is 5.92 Å². The van der Waals surface area contributed by atoms with Gasteiger partial charge in [0.2, 0.25) is 0 Å². The lowest BCUT2D eigenvalue weighted by Gasteiger charge is -2.28. The highest BCUT2D eigenvalue weighted by molar-refractivity contribution is 5.77. The molecule has 2 unspecified atom stereocenters. The zero-order valence-electron chi connectivity index (χ0n) is 12.3. The van der Waals surface area contributed by atoms with E-state index < -0.39 is 11.9 Å². The molecule has 2 rings (SSSR count). The number of hydrogen-bond acceptors (Lipinski definition) is 2. The Morgan fingerprint density at radius 1 is 1.15 bits per heavy atom. The topological polar surface area (TPSA) is 69.6 Å². The summed E-state index contributed by atoms with van der Waals surface area (Å²) >= 11 is 0. The third kappa shape index (κ3) is 3.87. The molecule has 5 heteroatoms. The van der Waals surface area contributed by atoms with Gasteiger partial charge in [0.1, 0.15) is 0 Å². The Labute approximate surface area is 120 Å². The summed E-state index contributed by atoms with van der Waals surface area (Å²) in [6.45, 7) is 2.83. The number of carbonyl (C=O) groups is 2. The van der Waals surface area contributed by atoms with Crippen molar-refractivity contribution in [1.82, 2.24) is 10.2 Å². The highest BCUT2D eigenvalue weighted by Gasteiger charge is 2.35. The fourth-order valence-corrected chi connectivity index (χ4v) is 3.09. The van der Waals surface area contributed by atoms with Crippen LogP contribution in [0.15, 0.2) is 0 Å². The zero-order valence-corrected chi connectivity index (χ0v) is 12.3. The van der Waals surface area contributed by atoms with Crippen LogP contribution in [-0.4, -0.2) is 40.6 Å². The second kappa shape index (κ2) is 6.95. The first-order chi connectivity index (χ1) is 9.63. The third-order valence-electron chi connectivity index (χ3n) is 4.36. The van der Waals surface area contributed by atoms with Gasteiger partial charge in [0.25, 0.3) is 0 Å². The van der Waals surface area contributed by atoms with Crippen molar-refractivity contribution in [2.45, 2.75) is 70.4 Å². The maximum absolute atomic E-state index is 12.4. The summed E-state index contributed by atoms with van der Waals surface area (Å²) < 4.78 is 0. The van der Waals surface area contributed by atoms with Crippen molar-refractivity contribution in [3.8, 4) is 0 Å². The molecule has 0 spiro atoms. The molecule has 0 saturated heterocycles. The first-order valence-corrected chi connectivity index (χ1v) is 7.93. The second-order valence-corrected chi connectivity index (χ2v) is 6.06. The molecule has 5 nitrogen and oxygen atoms in total. The second-order valence-electron chi connectivity index (χ2n) is 6.06. The summed E-state index contributed by atoms with van der Waals surface area (Å²) in [5, 5.41) is 12.3. The van der Waals surface area contributed by atoms with Crippen LogP contribution in [0.25, 0.3) is 0 Å². The van der Waals surface area contributed by atoms with Crippen molar-refractivity contribution in [3.05, 3.63) is 0 Å². The van der Waals surface area contributed by atoms with E-state index >= 15 is 0 Å². The lowest BCUT2D eigenvalue weighted by Crippen LogP contribution is -2.49. The van der Waals surface area contributed by atoms with E-state index in [1.54, 1.807) is 0 Å². The monoisotopic (exact) mass is 282 g/mol. The average molecular weight is 282 g/mol. The Kier molecular flexibility index (Phi) is 5.26. The van der Waals surface area contributed by atoms with Crippen LogP contribution in [0.5, 0.6) is 0 Å². The van der Waals surface area contributed by atoms with Crippen molar-refractivity contribution in [2.24, 2.45) is 5.92 Å². The van der Waals surface area contributed by atoms with Crippen LogP contribution in [-0.2, 0) is 4.79 Å². The van der Waals surface area contributed by atoms with Crippen LogP contribution in [0.4, 0.5) is 4.79 Å². The van der Waals surface area contributed by atoms with Gasteiger partial charge in [-0.1, -0.05) is 26.2 Å². The molecule has 114 valence electrons. The first-order valence-electron chi connectivity index (χ1n) is 7.93. The van der Waals surface area contributed by atoms with Crippen molar-refractivity contribution < 1.29 is 14.7 Å². The highest BCUT2D eigenvalue weighted by atomic mass is 16.4. The number of urea groups is 1. The van der Waals surface area contributed by atoms with E-state index in [0.717, 1.165) is 51.5 Å². The number of hydrogen-bond donors (Lipinski definition) is 2. The van der Waals surface area contributed by atoms with Crippen LogP contribution in [0.3, 0.4) is 0 Å². The minimum Gasteiger partial charge on any atom is -0.481 e. The van der Waals surface area contributed by atoms with Gasteiger partial charge in [-0.05, 0) is 32.1 Å². The van der Waals surface area contributed by atoms with Gasteiger partial charge in [-0.25, -0.2) is 4.79 Å². The van der Waals surface area contributed by atoms with Gasteiger partial charge in [-0.15, -0.1) is 0 Å². The predicted molar refractivity (Wildman–Crippen MR) is 76.5 cm³/mol. The van der Waals surface area contributed by atoms with Crippen LogP contribution in [0.2, 0.25) is 0 Å². The van der Waals surface area contributed by atoms with E-state index in [4.69, 9.17) is 0 Å². The number of carboxylic acid groups (broad SMARTS) is 1. The van der Waals surface area contributed by atoms with E-state index in [1.165, 1.54) is 0 Å². The zero-order chi connectivity index (χ0) is 14.5. The first kappa shape index (κ1) is 15.1. The lowest BCUT2D eigenvalue weighted by atomic mass is 9.95. The van der Waals surface area contributed by atoms with E-state index in [9.17, 15) is 14.7 Å². The maximum Gasteiger partial charge on any atom is 0.317 e. The summed E-state index contributed by atoms with van der Waals surface area (Å²) in [4.78, 5) is 25.7. The van der Waals surface area contributed by atoms with Crippen LogP contribution < -0.4 is 5.32 Å². The van der Waals surface area contributed by atoms with Crippen LogP contribution in [0, 0.1) is 5.92 Å². The number of nitrogens with zero attached hydrogens (tertiary/aromatic N) is 1. The molecule has 2 amide bonds. The Morgan fingerprint density at radius 2 is 1.85 bits per heavy atom. The molecule has 0 radical (unpaired) electrons. The number of amides is 2. The standard InChI is InChI=1S/C15H26N2O3/c1-2-10-17(11-8-9-11)15(20)16-13-7-5-3-4-6-12(13)14(18)19/h11-13H,2-10H2,1H3,(H,16,20)(H,18,19). The summed E-state index contributed by atoms with van der Waals surface area (Å²) in [6.07, 6.45) is 7.59. The van der Waals surface area contributed by atoms with E-state index in [0.29, 0.717) is 12.5 Å². The molecule has 0 heterocycles. The average Bonchev–Trinajstić information content (AvgIpc) is 3.22. The molecule has 2 N–H and O–H groups in total. The minimum atomic E-state index is -0.773. The van der Waals surface area contributed by atoms with Crippen LogP contribution in [0.1, 0.15) is 58.3 Å². The van der Waals surface area contributed by atoms with E-state index in [2.05, 4.69) is 12.2 Å². The molecule has 0 aromatic rings. The van der Waals surface area contributed by atoms with Gasteiger partial charge in [-0.2, -0.15) is 0 Å². The summed E-state index contributed by atoms with van der Waals surface area (Å²) in [5.74, 6) is -1.20. The van der Waals surface area contributed by atoms with Crippen molar-refractivity contribution in [3.63, 3.8) is 0 Å². The van der Waals surface area contributed by atoms with Gasteiger partial charge in [0.15, 0.2) is 0 Å². The number of rotatable bonds is 5. The highest BCUT2D eigenvalue weighted by Crippen LogP contribution is 2.28. The summed E-state index contributed by atoms with van der Waals surface area (Å²) in [5.41, 5.74) is 0. The van der Waals surface area contributed by atoms with Gasteiger partial charge in [0, 0.05) is 18.6 Å². The smallest absolute Gasteiger partial charge is 0.317 e. The molecule has 20 heavy (non-hydrogen) atoms. The molecule has 2 aliphatic carbocycles. The molecule has 0 bridgehead atoms. The summed E-state index contributed by atoms with van der Waals surface area (Å²) in [6, 6.07) is 0.108. The molecule has 0 aliphatic heterocycles. The van der Waals surface area contributed by atoms with Gasteiger partial charge < -0.3 is 15.3 Å². The normalized spacial score (nSPS) is 26.6. The Balaban J connectivity index is 1.97. The number of aliphatic carboxylic acids is 1. The maximum atomic E-state index is 12.4. The quantitative estimate of drug-likeness (QED) is 0.761. The van der Waals surface area contributed by atoms with Crippen LogP contribution >= 0.6 is 0 Å². The largest absolute Gasteiger partial charge is 0.481 e. The fraction of sp³-hybridized carbons (Fsp3) is 0.867. The van der Waals surface area contributed by atoms with E-state index in [-0.39, 0.29) is 12.1 Å². The van der Waals surface area contributed by atoms with Gasteiger partial charge in [-0.3, -0.25) is 4.79 Å². The van der Waals surface area contributed by atoms with Crippen molar-refractivity contribution >= 4 is 12.0 Å². The van der Waals surface area contributed by atoms with E-state index in [1.807, 2.05) is 4.90 Å². The summed E-state index contributed by atoms with van der Waals surface area (Å²) in [7, 11) is 0. The number of nitrogens with one attached hydrogen (secondary N) is 1. The molecule has 2 atom stereocenters. The van der Waals surface area contributed by atoms with Crippen molar-refractivity contribution in [1.29, 1.82) is 0 Å².